The summed E-state index contributed by atoms with van der Waals surface area (Å²) in [5, 5.41) is 20.0. The van der Waals surface area contributed by atoms with Gasteiger partial charge >= 0.3 is 0 Å². The summed E-state index contributed by atoms with van der Waals surface area (Å²) in [4.78, 5) is 60.7. The lowest BCUT2D eigenvalue weighted by atomic mass is 10.1. The molecular weight excluding hydrogens is 669 g/mol. The van der Waals surface area contributed by atoms with Crippen molar-refractivity contribution >= 4 is 77.4 Å². The number of benzene rings is 2. The number of likely N-dealkylation sites (tertiary alicyclic amines) is 2. The highest BCUT2D eigenvalue weighted by Crippen LogP contribution is 2.27. The SMILES string of the molecule is CNCC(=O)N1C[C@H](N)C[C@H]1C(=O)N1C[C@H](NC(=O)[C@H](O)CCc2ccccc2)C[C@H]1C(=O)Nc1cnc2ccccc2c1.Cl.Cl.Cl. The molecule has 5 atom stereocenters. The Morgan fingerprint density at radius 1 is 0.957 bits per heavy atom. The average Bonchev–Trinajstić information content (AvgIpc) is 3.64. The Hall–Kier alpha value is -3.52. The zero-order valence-electron chi connectivity index (χ0n) is 25.9. The van der Waals surface area contributed by atoms with E-state index in [9.17, 15) is 24.3 Å². The maximum atomic E-state index is 14.0. The summed E-state index contributed by atoms with van der Waals surface area (Å²) in [7, 11) is 1.65. The third-order valence-corrected chi connectivity index (χ3v) is 8.21. The van der Waals surface area contributed by atoms with Crippen molar-refractivity contribution < 1.29 is 24.3 Å². The van der Waals surface area contributed by atoms with Crippen molar-refractivity contribution in [2.24, 2.45) is 5.73 Å². The number of fused-ring (bicyclic) bond motifs is 1. The Bertz CT molecular complexity index is 1520. The van der Waals surface area contributed by atoms with Crippen LogP contribution >= 0.6 is 37.2 Å². The number of aliphatic hydroxyl groups excluding tert-OH is 1. The van der Waals surface area contributed by atoms with Crippen LogP contribution in [0.15, 0.2) is 66.9 Å². The minimum atomic E-state index is -1.25. The molecule has 0 unspecified atom stereocenters. The average molecular weight is 711 g/mol. The second-order valence-electron chi connectivity index (χ2n) is 11.5. The molecule has 6 N–H and O–H groups in total. The highest BCUT2D eigenvalue weighted by Gasteiger charge is 2.46. The fourth-order valence-electron chi connectivity index (χ4n) is 6.00. The summed E-state index contributed by atoms with van der Waals surface area (Å²) in [5.41, 5.74) is 8.42. The molecule has 15 heteroatoms. The van der Waals surface area contributed by atoms with Crippen LogP contribution in [0.4, 0.5) is 5.69 Å². The minimum Gasteiger partial charge on any atom is -0.383 e. The first kappa shape index (κ1) is 39.7. The summed E-state index contributed by atoms with van der Waals surface area (Å²) in [6.07, 6.45) is 1.46. The van der Waals surface area contributed by atoms with E-state index in [0.717, 1.165) is 16.5 Å². The van der Waals surface area contributed by atoms with Gasteiger partial charge in [0.05, 0.1) is 23.9 Å². The number of aliphatic hydroxyl groups is 1. The zero-order chi connectivity index (χ0) is 31.2. The fraction of sp³-hybridized carbons (Fsp3) is 0.406. The molecule has 2 aliphatic rings. The van der Waals surface area contributed by atoms with Gasteiger partial charge in [-0.05, 0) is 50.4 Å². The number of hydrogen-bond donors (Lipinski definition) is 5. The number of carbonyl (C=O) groups is 4. The van der Waals surface area contributed by atoms with Gasteiger partial charge in [-0.2, -0.15) is 0 Å². The van der Waals surface area contributed by atoms with Gasteiger partial charge in [-0.1, -0.05) is 48.5 Å². The van der Waals surface area contributed by atoms with Gasteiger partial charge in [0.2, 0.25) is 23.6 Å². The molecule has 3 aromatic rings. The zero-order valence-corrected chi connectivity index (χ0v) is 28.4. The minimum absolute atomic E-state index is 0. The van der Waals surface area contributed by atoms with E-state index in [-0.39, 0.29) is 88.1 Å². The summed E-state index contributed by atoms with van der Waals surface area (Å²) in [5.74, 6) is -1.66. The lowest BCUT2D eigenvalue weighted by Crippen LogP contribution is -2.53. The van der Waals surface area contributed by atoms with Crippen LogP contribution in [-0.2, 0) is 25.6 Å². The Labute approximate surface area is 292 Å². The van der Waals surface area contributed by atoms with Crippen molar-refractivity contribution in [3.05, 3.63) is 72.4 Å². The molecule has 0 saturated carbocycles. The molecule has 47 heavy (non-hydrogen) atoms. The highest BCUT2D eigenvalue weighted by atomic mass is 35.5. The third kappa shape index (κ3) is 9.75. The monoisotopic (exact) mass is 709 g/mol. The molecule has 3 heterocycles. The van der Waals surface area contributed by atoms with Crippen LogP contribution in [-0.4, -0.2) is 100 Å². The second kappa shape index (κ2) is 18.1. The van der Waals surface area contributed by atoms with Gasteiger partial charge in [0, 0.05) is 30.6 Å². The molecule has 12 nitrogen and oxygen atoms in total. The molecule has 0 bridgehead atoms. The number of aryl methyl sites for hydroxylation is 1. The molecule has 0 radical (unpaired) electrons. The first-order chi connectivity index (χ1) is 21.2. The van der Waals surface area contributed by atoms with Crippen LogP contribution < -0.4 is 21.7 Å². The second-order valence-corrected chi connectivity index (χ2v) is 11.5. The van der Waals surface area contributed by atoms with Crippen LogP contribution in [0.25, 0.3) is 10.9 Å². The largest absolute Gasteiger partial charge is 0.383 e. The molecule has 2 fully saturated rings. The molecule has 1 aromatic heterocycles. The van der Waals surface area contributed by atoms with Gasteiger partial charge < -0.3 is 36.6 Å². The van der Waals surface area contributed by atoms with Gasteiger partial charge in [0.1, 0.15) is 18.2 Å². The van der Waals surface area contributed by atoms with Gasteiger partial charge in [0.25, 0.3) is 0 Å². The molecule has 256 valence electrons. The Balaban J connectivity index is 0.00000256. The molecule has 4 amide bonds. The number of anilines is 1. The van der Waals surface area contributed by atoms with Crippen molar-refractivity contribution in [3.8, 4) is 0 Å². The summed E-state index contributed by atoms with van der Waals surface area (Å²) >= 11 is 0. The first-order valence-electron chi connectivity index (χ1n) is 14.9. The van der Waals surface area contributed by atoms with Crippen molar-refractivity contribution in [1.29, 1.82) is 0 Å². The highest BCUT2D eigenvalue weighted by molar-refractivity contribution is 6.00. The predicted molar refractivity (Wildman–Crippen MR) is 187 cm³/mol. The standard InChI is InChI=1S/C32H39N7O5.3ClH/c1-34-17-29(41)38-18-22(33)14-27(38)32(44)39-19-24(37-31(43)28(40)12-11-20-7-3-2-4-8-20)15-26(39)30(42)36-23-13-21-9-5-6-10-25(21)35-16-23;;;/h2-10,13,16,22,24,26-28,34,40H,11-12,14-15,17-19,33H2,1H3,(H,36,42)(H,37,43);3*1H/t22-,24-,26+,27+,28-;;;/m1.../s1. The normalized spacial score (nSPS) is 20.7. The van der Waals surface area contributed by atoms with Gasteiger partial charge in [-0.15, -0.1) is 37.2 Å². The van der Waals surface area contributed by atoms with E-state index in [1.165, 1.54) is 9.80 Å². The Morgan fingerprint density at radius 3 is 2.38 bits per heavy atom. The van der Waals surface area contributed by atoms with Crippen LogP contribution in [0, 0.1) is 0 Å². The van der Waals surface area contributed by atoms with Crippen molar-refractivity contribution in [3.63, 3.8) is 0 Å². The van der Waals surface area contributed by atoms with Gasteiger partial charge in [-0.3, -0.25) is 24.2 Å². The fourth-order valence-corrected chi connectivity index (χ4v) is 6.00. The van der Waals surface area contributed by atoms with E-state index in [1.54, 1.807) is 19.3 Å². The molecule has 0 spiro atoms. The number of aromatic nitrogens is 1. The first-order valence-corrected chi connectivity index (χ1v) is 14.9. The third-order valence-electron chi connectivity index (χ3n) is 8.21. The molecule has 2 aliphatic heterocycles. The van der Waals surface area contributed by atoms with E-state index in [4.69, 9.17) is 5.73 Å². The van der Waals surface area contributed by atoms with E-state index in [0.29, 0.717) is 12.1 Å². The number of nitrogens with zero attached hydrogens (tertiary/aromatic N) is 3. The van der Waals surface area contributed by atoms with Gasteiger partial charge in [-0.25, -0.2) is 0 Å². The number of rotatable bonds is 10. The molecule has 5 rings (SSSR count). The number of pyridine rings is 1. The van der Waals surface area contributed by atoms with Crippen molar-refractivity contribution in [1.82, 2.24) is 25.4 Å². The van der Waals surface area contributed by atoms with Crippen LogP contribution in [0.3, 0.4) is 0 Å². The Kier molecular flexibility index (Phi) is 15.3. The number of halogens is 3. The number of amides is 4. The number of carbonyl (C=O) groups excluding carboxylic acids is 4. The molecule has 2 aromatic carbocycles. The number of nitrogens with two attached hydrogens (primary N) is 1. The van der Waals surface area contributed by atoms with E-state index < -0.39 is 42.0 Å². The van der Waals surface area contributed by atoms with Crippen LogP contribution in [0.5, 0.6) is 0 Å². The lowest BCUT2D eigenvalue weighted by molar-refractivity contribution is -0.145. The molecule has 2 saturated heterocycles. The lowest BCUT2D eigenvalue weighted by Gasteiger charge is -2.30. The number of likely N-dealkylation sites (N-methyl/N-ethyl adjacent to an activating group) is 1. The summed E-state index contributed by atoms with van der Waals surface area (Å²) in [6.45, 7) is 0.330. The Morgan fingerprint density at radius 2 is 1.66 bits per heavy atom. The van der Waals surface area contributed by atoms with Crippen LogP contribution in [0.1, 0.15) is 24.8 Å². The van der Waals surface area contributed by atoms with E-state index >= 15 is 0 Å². The number of hydrogen-bond acceptors (Lipinski definition) is 8. The van der Waals surface area contributed by atoms with E-state index in [2.05, 4.69) is 20.9 Å². The van der Waals surface area contributed by atoms with Crippen molar-refractivity contribution in [2.45, 2.75) is 56.0 Å². The van der Waals surface area contributed by atoms with Gasteiger partial charge in [0.15, 0.2) is 0 Å². The quantitative estimate of drug-likeness (QED) is 0.212. The maximum absolute atomic E-state index is 14.0. The van der Waals surface area contributed by atoms with Crippen LogP contribution in [0.2, 0.25) is 0 Å². The molecular formula is C32H42Cl3N7O5. The smallest absolute Gasteiger partial charge is 0.249 e. The maximum Gasteiger partial charge on any atom is 0.249 e. The summed E-state index contributed by atoms with van der Waals surface area (Å²) in [6, 6.07) is 16.2. The predicted octanol–water partition coefficient (Wildman–Crippen LogP) is 1.67. The van der Waals surface area contributed by atoms with Crippen molar-refractivity contribution in [2.75, 3.05) is 32.0 Å². The van der Waals surface area contributed by atoms with E-state index in [1.807, 2.05) is 54.6 Å². The topological polar surface area (TPSA) is 170 Å². The number of para-hydroxylation sites is 1. The molecule has 0 aliphatic carbocycles. The number of nitrogens with one attached hydrogen (secondary N) is 3. The summed E-state index contributed by atoms with van der Waals surface area (Å²) < 4.78 is 0.